The molecule has 0 aliphatic heterocycles. The maximum absolute atomic E-state index is 14.3. The van der Waals surface area contributed by atoms with E-state index in [1.54, 1.807) is 31.2 Å². The Labute approximate surface area is 416 Å². The first kappa shape index (κ1) is 62.4. The lowest BCUT2D eigenvalue weighted by Gasteiger charge is -2.29. The molecule has 0 aliphatic rings. The highest BCUT2D eigenvalue weighted by Gasteiger charge is 2.35. The van der Waals surface area contributed by atoms with Crippen LogP contribution >= 0.6 is 0 Å². The van der Waals surface area contributed by atoms with Gasteiger partial charge in [-0.2, -0.15) is 0 Å². The van der Waals surface area contributed by atoms with Crippen molar-refractivity contribution < 1.29 is 43.5 Å². The van der Waals surface area contributed by atoms with E-state index in [0.29, 0.717) is 25.8 Å². The van der Waals surface area contributed by atoms with E-state index in [-0.39, 0.29) is 88.9 Å². The summed E-state index contributed by atoms with van der Waals surface area (Å²) in [5.74, 6) is -6.91. The number of aliphatic hydroxyl groups excluding tert-OH is 1. The number of nitrogens with zero attached hydrogens (tertiary/aromatic N) is 2. The number of hydrogen-bond acceptors (Lipinski definition) is 13. The smallest absolute Gasteiger partial charge is 0.243 e. The lowest BCUT2D eigenvalue weighted by molar-refractivity contribution is -0.136. The van der Waals surface area contributed by atoms with Crippen LogP contribution in [0.5, 0.6) is 0 Å². The minimum Gasteiger partial charge on any atom is -0.396 e. The fourth-order valence-corrected chi connectivity index (χ4v) is 7.07. The number of guanidine groups is 2. The number of nitrogens with one attached hydrogen (secondary N) is 7. The molecule has 0 radical (unpaired) electrons. The van der Waals surface area contributed by atoms with Gasteiger partial charge in [-0.1, -0.05) is 64.4 Å². The van der Waals surface area contributed by atoms with Gasteiger partial charge in [0.2, 0.25) is 47.3 Å². The van der Waals surface area contributed by atoms with Crippen molar-refractivity contribution in [3.05, 3.63) is 35.9 Å². The molecule has 0 spiro atoms. The van der Waals surface area contributed by atoms with Crippen molar-refractivity contribution in [2.75, 3.05) is 26.2 Å². The first-order valence-corrected chi connectivity index (χ1v) is 24.2. The van der Waals surface area contributed by atoms with Crippen LogP contribution in [0.4, 0.5) is 0 Å². The van der Waals surface area contributed by atoms with Crippen LogP contribution in [0.1, 0.15) is 104 Å². The van der Waals surface area contributed by atoms with Gasteiger partial charge in [-0.05, 0) is 88.7 Å². The number of aliphatic hydroxyl groups is 1. The average Bonchev–Trinajstić information content (AvgIpc) is 3.31. The summed E-state index contributed by atoms with van der Waals surface area (Å²) in [7, 11) is 0. The highest BCUT2D eigenvalue weighted by atomic mass is 16.3. The van der Waals surface area contributed by atoms with Crippen molar-refractivity contribution in [2.45, 2.75) is 154 Å². The third kappa shape index (κ3) is 25.2. The van der Waals surface area contributed by atoms with Crippen LogP contribution < -0.4 is 77.4 Å². The van der Waals surface area contributed by atoms with Crippen molar-refractivity contribution >= 4 is 59.2 Å². The second-order valence-electron chi connectivity index (χ2n) is 17.9. The largest absolute Gasteiger partial charge is 0.396 e. The highest BCUT2D eigenvalue weighted by molar-refractivity contribution is 5.97. The molecule has 0 aliphatic carbocycles. The summed E-state index contributed by atoms with van der Waals surface area (Å²) < 4.78 is 0. The standard InChI is InChI=1S/C46H82N16O9/c1-6-27(4)36(44(71)60-34(37(49)64)25-29-14-8-7-9-15-29)62-43(70)35(24-26(2)3)61-42(69)33(18-13-22-55-46(52)53)59-41(68)32(17-12-21-54-45(50)51)58-40(67)31(16-10-11-20-47)57-38(65)28(5)56-39(66)30(48)19-23-63/h7-9,14-15,26-28,30-36,63H,6,10-13,16-25,47-48H2,1-5H3,(H2,49,64)(H,56,66)(H,57,65)(H,58,67)(H,59,68)(H,60,71)(H,61,69)(H,62,70)(H4,50,51,54)(H4,52,53,55)/t27-,28-,30-,31-,32-,33-,34-,35-,36-/m0/s1. The summed E-state index contributed by atoms with van der Waals surface area (Å²) >= 11 is 0. The molecule has 1 aromatic carbocycles. The van der Waals surface area contributed by atoms with Gasteiger partial charge in [0.25, 0.3) is 0 Å². The molecule has 1 rings (SSSR count). The van der Waals surface area contributed by atoms with E-state index >= 15 is 0 Å². The number of nitrogens with two attached hydrogens (primary N) is 7. The van der Waals surface area contributed by atoms with Crippen molar-refractivity contribution in [3.63, 3.8) is 0 Å². The van der Waals surface area contributed by atoms with Gasteiger partial charge in [-0.15, -0.1) is 0 Å². The molecule has 0 unspecified atom stereocenters. The van der Waals surface area contributed by atoms with E-state index in [4.69, 9.17) is 45.2 Å². The Morgan fingerprint density at radius 2 is 1.03 bits per heavy atom. The summed E-state index contributed by atoms with van der Waals surface area (Å²) in [6.45, 7) is 8.69. The fraction of sp³-hybridized carbons (Fsp3) is 0.652. The first-order chi connectivity index (χ1) is 33.5. The van der Waals surface area contributed by atoms with Crippen molar-refractivity contribution in [2.24, 2.45) is 62.0 Å². The molecule has 0 bridgehead atoms. The second kappa shape index (κ2) is 33.8. The zero-order chi connectivity index (χ0) is 53.6. The van der Waals surface area contributed by atoms with Gasteiger partial charge in [0.1, 0.15) is 42.3 Å². The molecule has 9 atom stereocenters. The minimum atomic E-state index is -1.33. The summed E-state index contributed by atoms with van der Waals surface area (Å²) in [6, 6.07) is -0.605. The predicted molar refractivity (Wildman–Crippen MR) is 270 cm³/mol. The number of carbonyl (C=O) groups is 8. The third-order valence-electron chi connectivity index (χ3n) is 11.3. The van der Waals surface area contributed by atoms with Crippen molar-refractivity contribution in [1.29, 1.82) is 0 Å². The normalized spacial score (nSPS) is 14.8. The first-order valence-electron chi connectivity index (χ1n) is 24.2. The maximum Gasteiger partial charge on any atom is 0.243 e. The van der Waals surface area contributed by atoms with Crippen LogP contribution in [-0.4, -0.2) is 139 Å². The molecule has 71 heavy (non-hydrogen) atoms. The number of primary amides is 1. The molecule has 0 fully saturated rings. The molecular weight excluding hydrogens is 921 g/mol. The maximum atomic E-state index is 14.3. The Morgan fingerprint density at radius 1 is 0.563 bits per heavy atom. The zero-order valence-electron chi connectivity index (χ0n) is 41.9. The number of rotatable bonds is 35. The number of amides is 8. The molecule has 25 nitrogen and oxygen atoms in total. The molecule has 22 N–H and O–H groups in total. The zero-order valence-corrected chi connectivity index (χ0v) is 41.9. The number of carbonyl (C=O) groups excluding carboxylic acids is 8. The SMILES string of the molecule is CC[C@H](C)[C@H](NC(=O)[C@H](CC(C)C)NC(=O)[C@H](CCCN=C(N)N)NC(=O)[C@H](CCCN=C(N)N)NC(=O)[C@H](CCCCN)NC(=O)[C@H](C)NC(=O)[C@@H](N)CCO)C(=O)N[C@@H](Cc1ccccc1)C(N)=O. The van der Waals surface area contributed by atoms with E-state index in [2.05, 4.69) is 47.2 Å². The number of benzene rings is 1. The van der Waals surface area contributed by atoms with E-state index in [0.717, 1.165) is 5.56 Å². The molecule has 0 saturated heterocycles. The van der Waals surface area contributed by atoms with Crippen LogP contribution in [0.15, 0.2) is 40.3 Å². The van der Waals surface area contributed by atoms with Crippen LogP contribution in [-0.2, 0) is 44.8 Å². The highest BCUT2D eigenvalue weighted by Crippen LogP contribution is 2.14. The molecule has 1 aromatic rings. The quantitative estimate of drug-likeness (QED) is 0.0176. The van der Waals surface area contributed by atoms with Gasteiger partial charge in [0.15, 0.2) is 11.9 Å². The van der Waals surface area contributed by atoms with Crippen LogP contribution in [0.25, 0.3) is 0 Å². The van der Waals surface area contributed by atoms with E-state index in [9.17, 15) is 38.4 Å². The Bertz CT molecular complexity index is 1910. The summed E-state index contributed by atoms with van der Waals surface area (Å²) in [6.07, 6.45) is 1.87. The minimum absolute atomic E-state index is 0.0419. The van der Waals surface area contributed by atoms with Crippen molar-refractivity contribution in [3.8, 4) is 0 Å². The molecule has 0 aromatic heterocycles. The molecule has 0 heterocycles. The van der Waals surface area contributed by atoms with Gasteiger partial charge < -0.3 is 82.5 Å². The lowest BCUT2D eigenvalue weighted by atomic mass is 9.95. The number of unbranched alkanes of at least 4 members (excludes halogenated alkanes) is 1. The predicted octanol–water partition coefficient (Wildman–Crippen LogP) is -3.83. The molecular formula is C46H82N16O9. The molecule has 8 amide bonds. The monoisotopic (exact) mass is 1000 g/mol. The van der Waals surface area contributed by atoms with Crippen molar-refractivity contribution in [1.82, 2.24) is 37.2 Å². The topological polar surface area (TPSA) is 448 Å². The second-order valence-corrected chi connectivity index (χ2v) is 17.9. The summed E-state index contributed by atoms with van der Waals surface area (Å²) in [4.78, 5) is 117. The number of aliphatic imine (C=N–C) groups is 2. The van der Waals surface area contributed by atoms with Crippen LogP contribution in [0, 0.1) is 11.8 Å². The Kier molecular flexibility index (Phi) is 29.8. The lowest BCUT2D eigenvalue weighted by Crippen LogP contribution is -2.61. The Hall–Kier alpha value is -6.60. The number of hydrogen-bond donors (Lipinski definition) is 15. The Morgan fingerprint density at radius 3 is 1.48 bits per heavy atom. The molecule has 25 heteroatoms. The van der Waals surface area contributed by atoms with Gasteiger partial charge in [-0.3, -0.25) is 48.3 Å². The van der Waals surface area contributed by atoms with Gasteiger partial charge >= 0.3 is 0 Å². The Balaban J connectivity index is 3.54. The molecule has 0 saturated carbocycles. The van der Waals surface area contributed by atoms with Gasteiger partial charge in [0.05, 0.1) is 6.04 Å². The summed E-state index contributed by atoms with van der Waals surface area (Å²) in [5, 5.41) is 27.8. The van der Waals surface area contributed by atoms with Crippen LogP contribution in [0.3, 0.4) is 0 Å². The third-order valence-corrected chi connectivity index (χ3v) is 11.3. The van der Waals surface area contributed by atoms with Crippen LogP contribution in [0.2, 0.25) is 0 Å². The summed E-state index contributed by atoms with van der Waals surface area (Å²) in [5.41, 5.74) is 40.0. The van der Waals surface area contributed by atoms with E-state index < -0.39 is 102 Å². The fourth-order valence-electron chi connectivity index (χ4n) is 7.07. The van der Waals surface area contributed by atoms with E-state index in [1.165, 1.54) is 6.92 Å². The van der Waals surface area contributed by atoms with Gasteiger partial charge in [-0.25, -0.2) is 0 Å². The van der Waals surface area contributed by atoms with E-state index in [1.807, 2.05) is 26.8 Å². The van der Waals surface area contributed by atoms with Gasteiger partial charge in [0, 0.05) is 26.1 Å². The average molecular weight is 1000 g/mol. The molecule has 400 valence electrons.